The van der Waals surface area contributed by atoms with Crippen molar-refractivity contribution in [2.75, 3.05) is 37.8 Å². The SMILES string of the molecule is Cc1nccc(N2CCCC(C)(c3ccc4c(N)c(C(=O)N(C)C)sc4n3)C2)n1. The van der Waals surface area contributed by atoms with Crippen LogP contribution in [0.2, 0.25) is 0 Å². The van der Waals surface area contributed by atoms with Crippen molar-refractivity contribution < 1.29 is 4.79 Å². The third kappa shape index (κ3) is 3.53. The number of hydrogen-bond donors (Lipinski definition) is 1. The summed E-state index contributed by atoms with van der Waals surface area (Å²) in [6, 6.07) is 6.04. The van der Waals surface area contributed by atoms with Gasteiger partial charge in [0.2, 0.25) is 0 Å². The van der Waals surface area contributed by atoms with Crippen LogP contribution in [0.4, 0.5) is 11.5 Å². The zero-order valence-electron chi connectivity index (χ0n) is 17.3. The van der Waals surface area contributed by atoms with Gasteiger partial charge in [-0.05, 0) is 38.0 Å². The van der Waals surface area contributed by atoms with E-state index in [0.717, 1.165) is 53.5 Å². The average Bonchev–Trinajstić information content (AvgIpc) is 3.03. The smallest absolute Gasteiger partial charge is 0.265 e. The first-order valence-corrected chi connectivity index (χ1v) is 10.6. The molecule has 2 N–H and O–H groups in total. The van der Waals surface area contributed by atoms with E-state index >= 15 is 0 Å². The van der Waals surface area contributed by atoms with Crippen LogP contribution >= 0.6 is 11.3 Å². The first-order valence-electron chi connectivity index (χ1n) is 9.74. The maximum Gasteiger partial charge on any atom is 0.265 e. The third-order valence-corrected chi connectivity index (χ3v) is 6.70. The molecule has 0 saturated carbocycles. The fourth-order valence-electron chi connectivity index (χ4n) is 3.96. The summed E-state index contributed by atoms with van der Waals surface area (Å²) < 4.78 is 0. The average molecular weight is 411 g/mol. The van der Waals surface area contributed by atoms with Gasteiger partial charge in [-0.25, -0.2) is 15.0 Å². The highest BCUT2D eigenvalue weighted by atomic mass is 32.1. The van der Waals surface area contributed by atoms with Gasteiger partial charge in [0, 0.05) is 49.9 Å². The molecule has 1 unspecified atom stereocenters. The molecule has 4 rings (SSSR count). The highest BCUT2D eigenvalue weighted by molar-refractivity contribution is 7.21. The number of amides is 1. The molecule has 0 aromatic carbocycles. The van der Waals surface area contributed by atoms with Crippen LogP contribution in [0, 0.1) is 6.92 Å². The number of aryl methyl sites for hydroxylation is 1. The highest BCUT2D eigenvalue weighted by Gasteiger charge is 2.35. The fraction of sp³-hybridized carbons (Fsp3) is 0.429. The predicted molar refractivity (Wildman–Crippen MR) is 118 cm³/mol. The molecule has 29 heavy (non-hydrogen) atoms. The number of nitrogens with two attached hydrogens (primary N) is 1. The molecule has 1 fully saturated rings. The largest absolute Gasteiger partial charge is 0.397 e. The molecule has 7 nitrogen and oxygen atoms in total. The molecule has 0 bridgehead atoms. The standard InChI is InChI=1S/C21H26N6OS/c1-13-23-10-8-16(24-13)27-11-5-9-21(2,12-27)15-7-6-14-17(22)18(20(28)26(3)4)29-19(14)25-15/h6-8,10H,5,9,11-12,22H2,1-4H3. The Balaban J connectivity index is 1.68. The molecule has 8 heteroatoms. The second-order valence-corrected chi connectivity index (χ2v) is 9.14. The third-order valence-electron chi connectivity index (χ3n) is 5.59. The Kier molecular flexibility index (Phi) is 4.90. The molecular formula is C21H26N6OS. The van der Waals surface area contributed by atoms with Gasteiger partial charge in [0.05, 0.1) is 5.69 Å². The zero-order valence-corrected chi connectivity index (χ0v) is 18.1. The van der Waals surface area contributed by atoms with Crippen LogP contribution in [0.1, 0.15) is 41.0 Å². The lowest BCUT2D eigenvalue weighted by atomic mass is 9.78. The number of carbonyl (C=O) groups excluding carboxylic acids is 1. The van der Waals surface area contributed by atoms with Gasteiger partial charge < -0.3 is 15.5 Å². The Morgan fingerprint density at radius 3 is 2.79 bits per heavy atom. The molecule has 1 aliphatic heterocycles. The molecule has 4 heterocycles. The summed E-state index contributed by atoms with van der Waals surface area (Å²) in [5.41, 5.74) is 7.71. The van der Waals surface area contributed by atoms with E-state index < -0.39 is 0 Å². The molecule has 3 aromatic rings. The Labute approximate surface area is 174 Å². The summed E-state index contributed by atoms with van der Waals surface area (Å²) in [5, 5.41) is 0.853. The van der Waals surface area contributed by atoms with Crippen molar-refractivity contribution in [1.82, 2.24) is 19.9 Å². The van der Waals surface area contributed by atoms with E-state index in [0.29, 0.717) is 10.6 Å². The van der Waals surface area contributed by atoms with E-state index in [1.54, 1.807) is 19.0 Å². The first-order chi connectivity index (χ1) is 13.8. The number of rotatable bonds is 3. The number of anilines is 2. The van der Waals surface area contributed by atoms with E-state index in [1.807, 2.05) is 25.3 Å². The van der Waals surface area contributed by atoms with Crippen molar-refractivity contribution in [3.63, 3.8) is 0 Å². The molecule has 152 valence electrons. The number of fused-ring (bicyclic) bond motifs is 1. The van der Waals surface area contributed by atoms with E-state index in [-0.39, 0.29) is 11.3 Å². The number of nitrogens with zero attached hydrogens (tertiary/aromatic N) is 5. The lowest BCUT2D eigenvalue weighted by Crippen LogP contribution is -2.45. The lowest BCUT2D eigenvalue weighted by molar-refractivity contribution is 0.0833. The van der Waals surface area contributed by atoms with E-state index in [1.165, 1.54) is 11.3 Å². The lowest BCUT2D eigenvalue weighted by Gasteiger charge is -2.40. The number of aromatic nitrogens is 3. The van der Waals surface area contributed by atoms with Gasteiger partial charge in [-0.15, -0.1) is 11.3 Å². The van der Waals surface area contributed by atoms with Crippen molar-refractivity contribution in [3.8, 4) is 0 Å². The minimum atomic E-state index is -0.101. The van der Waals surface area contributed by atoms with Gasteiger partial charge in [0.1, 0.15) is 21.3 Å². The van der Waals surface area contributed by atoms with E-state index in [2.05, 4.69) is 27.9 Å². The first kappa shape index (κ1) is 19.6. The molecule has 1 amide bonds. The van der Waals surface area contributed by atoms with Crippen LogP contribution in [0.15, 0.2) is 24.4 Å². The summed E-state index contributed by atoms with van der Waals surface area (Å²) in [7, 11) is 3.47. The number of hydrogen-bond acceptors (Lipinski definition) is 7. The summed E-state index contributed by atoms with van der Waals surface area (Å²) in [6.45, 7) is 5.98. The molecule has 0 radical (unpaired) electrons. The molecule has 1 saturated heterocycles. The van der Waals surface area contributed by atoms with Crippen molar-refractivity contribution in [1.29, 1.82) is 0 Å². The zero-order chi connectivity index (χ0) is 20.8. The Bertz CT molecular complexity index is 1080. The molecule has 1 aliphatic rings. The normalized spacial score (nSPS) is 19.5. The van der Waals surface area contributed by atoms with Crippen LogP contribution in [0.5, 0.6) is 0 Å². The number of piperidine rings is 1. The van der Waals surface area contributed by atoms with Crippen LogP contribution in [-0.4, -0.2) is 52.9 Å². The summed E-state index contributed by atoms with van der Waals surface area (Å²) in [5.74, 6) is 1.66. The second kappa shape index (κ2) is 7.26. The van der Waals surface area contributed by atoms with E-state index in [9.17, 15) is 4.79 Å². The van der Waals surface area contributed by atoms with Crippen molar-refractivity contribution in [2.24, 2.45) is 0 Å². The topological polar surface area (TPSA) is 88.2 Å². The summed E-state index contributed by atoms with van der Waals surface area (Å²) in [4.78, 5) is 31.4. The van der Waals surface area contributed by atoms with Gasteiger partial charge in [0.15, 0.2) is 0 Å². The fourth-order valence-corrected chi connectivity index (χ4v) is 5.07. The van der Waals surface area contributed by atoms with Gasteiger partial charge in [-0.2, -0.15) is 0 Å². The predicted octanol–water partition coefficient (Wildman–Crippen LogP) is 3.24. The molecule has 0 aliphatic carbocycles. The number of thiophene rings is 1. The molecule has 1 atom stereocenters. The van der Waals surface area contributed by atoms with Gasteiger partial charge >= 0.3 is 0 Å². The minimum Gasteiger partial charge on any atom is -0.397 e. The molecular weight excluding hydrogens is 384 g/mol. The maximum atomic E-state index is 12.4. The van der Waals surface area contributed by atoms with Crippen LogP contribution in [0.25, 0.3) is 10.2 Å². The minimum absolute atomic E-state index is 0.0822. The van der Waals surface area contributed by atoms with Gasteiger partial charge in [-0.1, -0.05) is 6.92 Å². The van der Waals surface area contributed by atoms with Gasteiger partial charge in [0.25, 0.3) is 5.91 Å². The van der Waals surface area contributed by atoms with Crippen LogP contribution < -0.4 is 10.6 Å². The van der Waals surface area contributed by atoms with Crippen molar-refractivity contribution in [3.05, 3.63) is 40.8 Å². The number of carbonyl (C=O) groups is 1. The summed E-state index contributed by atoms with van der Waals surface area (Å²) in [6.07, 6.45) is 3.93. The maximum absolute atomic E-state index is 12.4. The van der Waals surface area contributed by atoms with Crippen molar-refractivity contribution in [2.45, 2.75) is 32.1 Å². The Morgan fingerprint density at radius 2 is 2.07 bits per heavy atom. The molecule has 0 spiro atoms. The van der Waals surface area contributed by atoms with Crippen LogP contribution in [0.3, 0.4) is 0 Å². The quantitative estimate of drug-likeness (QED) is 0.713. The number of nitrogen functional groups attached to an aromatic ring is 1. The highest BCUT2D eigenvalue weighted by Crippen LogP contribution is 2.38. The van der Waals surface area contributed by atoms with Gasteiger partial charge in [-0.3, -0.25) is 4.79 Å². The monoisotopic (exact) mass is 410 g/mol. The van der Waals surface area contributed by atoms with Crippen LogP contribution in [-0.2, 0) is 5.41 Å². The molecule has 3 aromatic heterocycles. The second-order valence-electron chi connectivity index (χ2n) is 8.14. The Morgan fingerprint density at radius 1 is 1.28 bits per heavy atom. The summed E-state index contributed by atoms with van der Waals surface area (Å²) >= 11 is 1.37. The van der Waals surface area contributed by atoms with Crippen molar-refractivity contribution >= 4 is 39.0 Å². The van der Waals surface area contributed by atoms with E-state index in [4.69, 9.17) is 10.7 Å². The number of pyridine rings is 1. The Hall–Kier alpha value is -2.74.